The molecule has 0 aliphatic carbocycles. The topological polar surface area (TPSA) is 374 Å². The molecule has 8 heterocycles. The van der Waals surface area contributed by atoms with Crippen molar-refractivity contribution >= 4 is 99.1 Å². The lowest BCUT2D eigenvalue weighted by atomic mass is 10.2. The SMILES string of the molecule is Cn1cc(NC(=O)c2nc(NC(=O)c3nc(NC(=O)c4nccn4C)cn3C)cn2C)cc1C(=O)NCCCC(=O)Nc1cc(C(=O)Nc2cc(C(=O)Nc3cc(C(=O)Nc4cc(C(=O)NCCC(=O)NCCC[NH+](C)C)n(C)c4)n(C)c3)n(C)c2)n(C)c1. The molecular formula is C57H71N22O10+. The van der Waals surface area contributed by atoms with Crippen LogP contribution in [0.15, 0.2) is 86.1 Å². The molecule has 0 unspecified atom stereocenters. The van der Waals surface area contributed by atoms with Crippen molar-refractivity contribution < 1.29 is 52.8 Å². The van der Waals surface area contributed by atoms with E-state index in [2.05, 4.69) is 68.1 Å². The van der Waals surface area contributed by atoms with Crippen LogP contribution in [0.2, 0.25) is 0 Å². The number of rotatable bonds is 26. The first kappa shape index (κ1) is 63.7. The molecule has 0 aliphatic heterocycles. The zero-order valence-corrected chi connectivity index (χ0v) is 50.7. The molecule has 8 rings (SSSR count). The molecule has 32 nitrogen and oxygen atoms in total. The molecule has 0 atom stereocenters. The highest BCUT2D eigenvalue weighted by Gasteiger charge is 2.24. The number of carbonyl (C=O) groups is 10. The Morgan fingerprint density at radius 1 is 0.371 bits per heavy atom. The number of anilines is 7. The maximum atomic E-state index is 13.5. The number of nitrogens with zero attached hydrogens (tertiary/aromatic N) is 11. The van der Waals surface area contributed by atoms with Gasteiger partial charge in [0.15, 0.2) is 17.5 Å². The predicted octanol–water partition coefficient (Wildman–Crippen LogP) is 1.01. The van der Waals surface area contributed by atoms with Crippen molar-refractivity contribution in [1.82, 2.24) is 67.4 Å². The summed E-state index contributed by atoms with van der Waals surface area (Å²) in [7, 11) is 17.0. The maximum Gasteiger partial charge on any atom is 0.292 e. The zero-order chi connectivity index (χ0) is 64.4. The third-order valence-corrected chi connectivity index (χ3v) is 13.8. The molecule has 0 fully saturated rings. The summed E-state index contributed by atoms with van der Waals surface area (Å²) in [4.78, 5) is 144. The van der Waals surface area contributed by atoms with Crippen LogP contribution in [0.25, 0.3) is 0 Å². The van der Waals surface area contributed by atoms with Crippen molar-refractivity contribution in [1.29, 1.82) is 0 Å². The number of carbonyl (C=O) groups excluding carboxylic acids is 10. The third-order valence-electron chi connectivity index (χ3n) is 13.8. The molecule has 11 N–H and O–H groups in total. The van der Waals surface area contributed by atoms with E-state index in [0.717, 1.165) is 13.0 Å². The third kappa shape index (κ3) is 16.2. The molecule has 32 heteroatoms. The average molecular weight is 1220 g/mol. The van der Waals surface area contributed by atoms with Crippen LogP contribution in [0.5, 0.6) is 0 Å². The van der Waals surface area contributed by atoms with Crippen LogP contribution in [0.3, 0.4) is 0 Å². The van der Waals surface area contributed by atoms with Gasteiger partial charge in [-0.2, -0.15) is 0 Å². The van der Waals surface area contributed by atoms with Crippen molar-refractivity contribution in [3.8, 4) is 0 Å². The largest absolute Gasteiger partial charge is 0.356 e. The van der Waals surface area contributed by atoms with Crippen LogP contribution in [-0.2, 0) is 66.0 Å². The Bertz CT molecular complexity index is 4020. The highest BCUT2D eigenvalue weighted by atomic mass is 16.2. The number of hydrogen-bond acceptors (Lipinski definition) is 13. The molecule has 8 aromatic rings. The van der Waals surface area contributed by atoms with E-state index < -0.39 is 47.3 Å². The quantitative estimate of drug-likeness (QED) is 0.0338. The zero-order valence-electron chi connectivity index (χ0n) is 50.7. The lowest BCUT2D eigenvalue weighted by Gasteiger charge is -2.09. The van der Waals surface area contributed by atoms with Crippen LogP contribution in [0.1, 0.15) is 110 Å². The maximum absolute atomic E-state index is 13.5. The highest BCUT2D eigenvalue weighted by molar-refractivity contribution is 6.10. The molecule has 89 heavy (non-hydrogen) atoms. The van der Waals surface area contributed by atoms with E-state index >= 15 is 0 Å². The van der Waals surface area contributed by atoms with Crippen LogP contribution in [0, 0.1) is 0 Å². The van der Waals surface area contributed by atoms with Crippen molar-refractivity contribution in [2.24, 2.45) is 56.4 Å². The van der Waals surface area contributed by atoms with Gasteiger partial charge in [0, 0.05) is 151 Å². The normalized spacial score (nSPS) is 11.0. The van der Waals surface area contributed by atoms with E-state index in [1.807, 2.05) is 14.1 Å². The van der Waals surface area contributed by atoms with Crippen LogP contribution >= 0.6 is 0 Å². The number of nitrogens with one attached hydrogen (secondary N) is 11. The van der Waals surface area contributed by atoms with Crippen molar-refractivity contribution in [3.63, 3.8) is 0 Å². The van der Waals surface area contributed by atoms with Crippen LogP contribution < -0.4 is 58.1 Å². The fraction of sp³-hybridized carbons (Fsp3) is 0.316. The second-order valence-electron chi connectivity index (χ2n) is 21.4. The molecule has 0 aliphatic rings. The number of hydrogen-bond donors (Lipinski definition) is 11. The van der Waals surface area contributed by atoms with Gasteiger partial charge < -0.3 is 94.6 Å². The molecule has 0 saturated carbocycles. The van der Waals surface area contributed by atoms with Crippen LogP contribution in [-0.4, -0.2) is 151 Å². The molecule has 0 spiro atoms. The first-order chi connectivity index (χ1) is 42.3. The Balaban J connectivity index is 0.747. The Morgan fingerprint density at radius 3 is 1.16 bits per heavy atom. The second-order valence-corrected chi connectivity index (χ2v) is 21.4. The first-order valence-corrected chi connectivity index (χ1v) is 28.0. The molecule has 0 radical (unpaired) electrons. The van der Waals surface area contributed by atoms with E-state index in [4.69, 9.17) is 0 Å². The van der Waals surface area contributed by atoms with E-state index in [-0.39, 0.29) is 107 Å². The fourth-order valence-corrected chi connectivity index (χ4v) is 9.37. The summed E-state index contributed by atoms with van der Waals surface area (Å²) < 4.78 is 12.0. The van der Waals surface area contributed by atoms with Gasteiger partial charge in [-0.25, -0.2) is 15.0 Å². The Hall–Kier alpha value is -11.3. The lowest BCUT2D eigenvalue weighted by Crippen LogP contribution is -3.05. The van der Waals surface area contributed by atoms with Crippen LogP contribution in [0.4, 0.5) is 40.1 Å². The molecule has 468 valence electrons. The van der Waals surface area contributed by atoms with Crippen molar-refractivity contribution in [2.45, 2.75) is 25.7 Å². The van der Waals surface area contributed by atoms with E-state index in [9.17, 15) is 47.9 Å². The van der Waals surface area contributed by atoms with E-state index in [1.165, 1.54) is 92.0 Å². The number of aromatic nitrogens is 11. The molecule has 10 amide bonds. The van der Waals surface area contributed by atoms with E-state index in [1.54, 1.807) is 91.9 Å². The monoisotopic (exact) mass is 1220 g/mol. The minimum atomic E-state index is -0.654. The van der Waals surface area contributed by atoms with Gasteiger partial charge in [-0.3, -0.25) is 47.9 Å². The van der Waals surface area contributed by atoms with Gasteiger partial charge in [0.25, 0.3) is 47.3 Å². The number of imidazole rings is 3. The smallest absolute Gasteiger partial charge is 0.292 e. The molecule has 8 aromatic heterocycles. The fourth-order valence-electron chi connectivity index (χ4n) is 9.37. The van der Waals surface area contributed by atoms with Gasteiger partial charge >= 0.3 is 0 Å². The average Bonchev–Trinajstić information content (AvgIpc) is 3.49. The summed E-state index contributed by atoms with van der Waals surface area (Å²) in [6.45, 7) is 1.76. The summed E-state index contributed by atoms with van der Waals surface area (Å²) >= 11 is 0. The van der Waals surface area contributed by atoms with E-state index in [0.29, 0.717) is 29.3 Å². The highest BCUT2D eigenvalue weighted by Crippen LogP contribution is 2.23. The minimum absolute atomic E-state index is 0.0243. The second kappa shape index (κ2) is 27.8. The Kier molecular flexibility index (Phi) is 19.9. The van der Waals surface area contributed by atoms with Gasteiger partial charge in [0.1, 0.15) is 28.5 Å². The predicted molar refractivity (Wildman–Crippen MR) is 327 cm³/mol. The van der Waals surface area contributed by atoms with Gasteiger partial charge in [-0.15, -0.1) is 0 Å². The molecule has 0 bridgehead atoms. The van der Waals surface area contributed by atoms with Gasteiger partial charge in [0.2, 0.25) is 23.5 Å². The minimum Gasteiger partial charge on any atom is -0.356 e. The number of amides is 10. The number of aryl methyl sites for hydroxylation is 8. The standard InChI is InChI=1S/C57H70N22O10/c1-71(2)19-12-16-58-45(80)14-17-61-51(83)39-22-34(27-73(39)4)63-53(85)41-25-36(29-76(41)7)65-54(86)42-24-35(28-77(42)8)64-52(84)40-21-33(26-75(40)6)62-46(81)13-11-15-60-50(82)38-23-37(30-74(38)5)66-56(88)48-67-44(32-78(48)9)70-57(89)49-68-43(31-79(49)10)69-55(87)47-59-18-20-72(47)3/h18,20-32H,11-17,19H2,1-10H3,(H,58,80)(H,60,82)(H,61,83)(H,62,81)(H,63,85)(H,64,84)(H,65,86)(H,66,88)(H,69,87)(H,70,89)/p+1. The van der Waals surface area contributed by atoms with Gasteiger partial charge in [-0.05, 0) is 36.8 Å². The molecular weight excluding hydrogens is 1150 g/mol. The first-order valence-electron chi connectivity index (χ1n) is 28.0. The Morgan fingerprint density at radius 2 is 0.742 bits per heavy atom. The summed E-state index contributed by atoms with van der Waals surface area (Å²) in [6.07, 6.45) is 15.0. The van der Waals surface area contributed by atoms with Crippen molar-refractivity contribution in [3.05, 3.63) is 132 Å². The molecule has 0 aromatic carbocycles. The summed E-state index contributed by atoms with van der Waals surface area (Å²) in [5.41, 5.74) is 2.70. The van der Waals surface area contributed by atoms with Gasteiger partial charge in [0.05, 0.1) is 49.1 Å². The summed E-state index contributed by atoms with van der Waals surface area (Å²) in [5.74, 6) is -4.54. The summed E-state index contributed by atoms with van der Waals surface area (Å²) in [5, 5.41) is 27.4. The Labute approximate surface area is 509 Å². The van der Waals surface area contributed by atoms with Gasteiger partial charge in [-0.1, -0.05) is 0 Å². The van der Waals surface area contributed by atoms with Crippen molar-refractivity contribution in [2.75, 3.05) is 77.5 Å². The number of quaternary nitrogens is 1. The summed E-state index contributed by atoms with van der Waals surface area (Å²) in [6, 6.07) is 7.46. The molecule has 0 saturated heterocycles. The lowest BCUT2D eigenvalue weighted by molar-refractivity contribution is -0.858.